The number of anilines is 2. The van der Waals surface area contributed by atoms with Crippen LogP contribution >= 0.6 is 11.6 Å². The number of halogens is 3. The molecule has 1 heterocycles. The normalized spacial score (nSPS) is 13.3. The highest BCUT2D eigenvalue weighted by Gasteiger charge is 2.38. The third-order valence-corrected chi connectivity index (χ3v) is 4.43. The third-order valence-electron chi connectivity index (χ3n) is 4.25. The molecule has 1 aromatic carbocycles. The van der Waals surface area contributed by atoms with Crippen molar-refractivity contribution < 1.29 is 18.5 Å². The van der Waals surface area contributed by atoms with Crippen LogP contribution in [0.4, 0.5) is 30.9 Å². The lowest BCUT2D eigenvalue weighted by Gasteiger charge is -2.22. The number of alkyl halides is 3. The number of nitro groups is 1. The second-order valence-corrected chi connectivity index (χ2v) is 6.50. The molecule has 11 heteroatoms. The van der Waals surface area contributed by atoms with Gasteiger partial charge in [0.15, 0.2) is 0 Å². The zero-order valence-corrected chi connectivity index (χ0v) is 14.8. The van der Waals surface area contributed by atoms with Crippen LogP contribution in [-0.4, -0.2) is 20.9 Å². The summed E-state index contributed by atoms with van der Waals surface area (Å²) in [7, 11) is 0. The predicted molar refractivity (Wildman–Crippen MR) is 93.4 cm³/mol. The summed E-state index contributed by atoms with van der Waals surface area (Å²) >= 11 is 5.19. The van der Waals surface area contributed by atoms with Crippen LogP contribution in [0, 0.1) is 17.0 Å². The Labute approximate surface area is 157 Å². The zero-order chi connectivity index (χ0) is 19.9. The summed E-state index contributed by atoms with van der Waals surface area (Å²) in [6.45, 7) is 1.52. The molecule has 2 N–H and O–H groups in total. The quantitative estimate of drug-likeness (QED) is 0.480. The van der Waals surface area contributed by atoms with E-state index >= 15 is 0 Å². The molecule has 2 amide bonds. The molecule has 1 aliphatic rings. The number of benzene rings is 1. The Morgan fingerprint density at radius 1 is 1.37 bits per heavy atom. The first-order chi connectivity index (χ1) is 12.6. The highest BCUT2D eigenvalue weighted by atomic mass is 35.5. The summed E-state index contributed by atoms with van der Waals surface area (Å²) in [5.74, 6) is -0.476. The largest absolute Gasteiger partial charge is 0.365 e. The number of nitrogens with zero attached hydrogens (tertiary/aromatic N) is 4. The average molecular weight is 398 g/mol. The van der Waals surface area contributed by atoms with Crippen molar-refractivity contribution in [3.05, 3.63) is 50.8 Å². The number of carbonyl (C=O) groups is 1. The summed E-state index contributed by atoms with van der Waals surface area (Å²) in [6, 6.07) is 2.97. The summed E-state index contributed by atoms with van der Waals surface area (Å²) in [6.07, 6.45) is 1.30. The maximum absolute atomic E-state index is 13.9. The van der Waals surface area contributed by atoms with Crippen molar-refractivity contribution in [2.75, 3.05) is 4.90 Å². The van der Waals surface area contributed by atoms with Gasteiger partial charge in [0.05, 0.1) is 4.92 Å². The number of rotatable bonds is 4. The number of hydrogen-bond donors (Lipinski definition) is 1. The Hall–Kier alpha value is -2.88. The number of carbonyl (C=O) groups excluding carboxylic acids is 1. The number of urea groups is 1. The van der Waals surface area contributed by atoms with Gasteiger partial charge >= 0.3 is 11.4 Å². The Morgan fingerprint density at radius 3 is 2.67 bits per heavy atom. The molecule has 2 aromatic rings. The summed E-state index contributed by atoms with van der Waals surface area (Å²) in [5.41, 5.74) is 4.94. The van der Waals surface area contributed by atoms with Crippen LogP contribution in [0.1, 0.15) is 28.9 Å². The summed E-state index contributed by atoms with van der Waals surface area (Å²) in [5, 5.41) is 7.61. The lowest BCUT2D eigenvalue weighted by Crippen LogP contribution is -2.34. The fourth-order valence-electron chi connectivity index (χ4n) is 3.14. The van der Waals surface area contributed by atoms with E-state index in [1.807, 2.05) is 0 Å². The molecule has 3 rings (SSSR count). The monoisotopic (exact) mass is 397 g/mol. The molecule has 0 fully saturated rings. The van der Waals surface area contributed by atoms with Crippen molar-refractivity contribution in [1.82, 2.24) is 9.97 Å². The maximum Gasteiger partial charge on any atom is 0.365 e. The van der Waals surface area contributed by atoms with Crippen molar-refractivity contribution >= 4 is 35.0 Å². The number of para-hydroxylation sites is 1. The highest BCUT2D eigenvalue weighted by Crippen LogP contribution is 2.40. The van der Waals surface area contributed by atoms with Gasteiger partial charge in [0, 0.05) is 17.3 Å². The van der Waals surface area contributed by atoms with Crippen molar-refractivity contribution in [2.45, 2.75) is 31.6 Å². The molecule has 0 bridgehead atoms. The zero-order valence-electron chi connectivity index (χ0n) is 14.1. The molecule has 1 aromatic heterocycles. The minimum absolute atomic E-state index is 0.184. The SMILES string of the molecule is Cc1cccc([N+](=O)[O-])c1N(C(N)=O)c1nc2c(c(C(F)(F)Cl)n1)CCC2. The topological polar surface area (TPSA) is 115 Å². The van der Waals surface area contributed by atoms with Gasteiger partial charge in [0.25, 0.3) is 5.69 Å². The van der Waals surface area contributed by atoms with E-state index < -0.39 is 33.7 Å². The van der Waals surface area contributed by atoms with E-state index in [0.29, 0.717) is 35.4 Å². The van der Waals surface area contributed by atoms with Gasteiger partial charge in [-0.05, 0) is 43.4 Å². The minimum Gasteiger partial charge on any atom is -0.351 e. The number of fused-ring (bicyclic) bond motifs is 1. The molecule has 8 nitrogen and oxygen atoms in total. The van der Waals surface area contributed by atoms with Crippen LogP contribution in [0.5, 0.6) is 0 Å². The van der Waals surface area contributed by atoms with E-state index in [9.17, 15) is 23.7 Å². The molecular weight excluding hydrogens is 384 g/mol. The number of hydrogen-bond acceptors (Lipinski definition) is 5. The van der Waals surface area contributed by atoms with Crippen LogP contribution in [0.15, 0.2) is 18.2 Å². The van der Waals surface area contributed by atoms with Crippen LogP contribution in [-0.2, 0) is 18.2 Å². The number of aromatic nitrogens is 2. The number of nitro benzene ring substituents is 1. The lowest BCUT2D eigenvalue weighted by molar-refractivity contribution is -0.384. The van der Waals surface area contributed by atoms with Crippen LogP contribution in [0.25, 0.3) is 0 Å². The molecule has 1 aliphatic carbocycles. The highest BCUT2D eigenvalue weighted by molar-refractivity contribution is 6.21. The van der Waals surface area contributed by atoms with Gasteiger partial charge in [-0.1, -0.05) is 12.1 Å². The number of primary amides is 1. The predicted octanol–water partition coefficient (Wildman–Crippen LogP) is 3.69. The Kier molecular flexibility index (Phi) is 4.68. The van der Waals surface area contributed by atoms with E-state index in [1.54, 1.807) is 0 Å². The van der Waals surface area contributed by atoms with Crippen molar-refractivity contribution in [3.63, 3.8) is 0 Å². The standard InChI is InChI=1S/C16H14ClF2N5O3/c1-8-4-2-7-11(24(26)27)12(8)23(14(20)25)15-21-10-6-3-5-9(10)13(22-15)16(17,18)19/h2,4,7H,3,5-6H2,1H3,(H2,20,25). The van der Waals surface area contributed by atoms with Crippen LogP contribution in [0.3, 0.4) is 0 Å². The first-order valence-electron chi connectivity index (χ1n) is 7.91. The Bertz CT molecular complexity index is 948. The van der Waals surface area contributed by atoms with Crippen molar-refractivity contribution in [1.29, 1.82) is 0 Å². The van der Waals surface area contributed by atoms with E-state index in [-0.39, 0.29) is 11.3 Å². The Morgan fingerprint density at radius 2 is 2.07 bits per heavy atom. The van der Waals surface area contributed by atoms with Crippen molar-refractivity contribution in [2.24, 2.45) is 5.73 Å². The first kappa shape index (κ1) is 18.9. The van der Waals surface area contributed by atoms with Gasteiger partial charge in [-0.3, -0.25) is 10.1 Å². The smallest absolute Gasteiger partial charge is 0.351 e. The molecule has 0 unspecified atom stereocenters. The van der Waals surface area contributed by atoms with Gasteiger partial charge in [0.1, 0.15) is 11.4 Å². The van der Waals surface area contributed by atoms with E-state index in [1.165, 1.54) is 25.1 Å². The number of nitrogens with two attached hydrogens (primary N) is 1. The van der Waals surface area contributed by atoms with Crippen LogP contribution < -0.4 is 10.6 Å². The summed E-state index contributed by atoms with van der Waals surface area (Å²) in [4.78, 5) is 31.4. The molecular formula is C16H14ClF2N5O3. The minimum atomic E-state index is -3.78. The van der Waals surface area contributed by atoms with E-state index in [2.05, 4.69) is 9.97 Å². The second kappa shape index (κ2) is 6.69. The molecule has 0 radical (unpaired) electrons. The van der Waals surface area contributed by atoms with E-state index in [0.717, 1.165) is 0 Å². The van der Waals surface area contributed by atoms with Crippen LogP contribution in [0.2, 0.25) is 0 Å². The van der Waals surface area contributed by atoms with Gasteiger partial charge in [0.2, 0.25) is 5.95 Å². The molecule has 27 heavy (non-hydrogen) atoms. The summed E-state index contributed by atoms with van der Waals surface area (Å²) < 4.78 is 27.8. The van der Waals surface area contributed by atoms with Gasteiger partial charge < -0.3 is 5.73 Å². The first-order valence-corrected chi connectivity index (χ1v) is 8.29. The fraction of sp³-hybridized carbons (Fsp3) is 0.312. The Balaban J connectivity index is 2.28. The molecule has 0 spiro atoms. The second-order valence-electron chi connectivity index (χ2n) is 6.02. The molecule has 0 saturated carbocycles. The van der Waals surface area contributed by atoms with Gasteiger partial charge in [-0.25, -0.2) is 19.7 Å². The van der Waals surface area contributed by atoms with Gasteiger partial charge in [-0.15, -0.1) is 0 Å². The third kappa shape index (κ3) is 3.39. The van der Waals surface area contributed by atoms with Gasteiger partial charge in [-0.2, -0.15) is 8.78 Å². The number of amides is 2. The number of aryl methyl sites for hydroxylation is 2. The molecule has 0 aliphatic heterocycles. The molecule has 0 saturated heterocycles. The maximum atomic E-state index is 13.9. The fourth-order valence-corrected chi connectivity index (χ4v) is 3.30. The molecule has 142 valence electrons. The average Bonchev–Trinajstić information content (AvgIpc) is 3.02. The lowest BCUT2D eigenvalue weighted by atomic mass is 10.1. The molecule has 0 atom stereocenters. The van der Waals surface area contributed by atoms with E-state index in [4.69, 9.17) is 17.3 Å². The van der Waals surface area contributed by atoms with Crippen molar-refractivity contribution in [3.8, 4) is 0 Å².